The average Bonchev–Trinajstić information content (AvgIpc) is 3.03. The van der Waals surface area contributed by atoms with Gasteiger partial charge < -0.3 is 4.90 Å². The molecule has 1 aromatic carbocycles. The van der Waals surface area contributed by atoms with Crippen molar-refractivity contribution in [1.82, 2.24) is 9.71 Å². The van der Waals surface area contributed by atoms with Crippen LogP contribution in [-0.4, -0.2) is 33.5 Å². The van der Waals surface area contributed by atoms with Crippen LogP contribution in [0, 0.1) is 0 Å². The van der Waals surface area contributed by atoms with Crippen LogP contribution in [0.15, 0.2) is 28.5 Å². The summed E-state index contributed by atoms with van der Waals surface area (Å²) in [6.45, 7) is 3.40. The largest absolute Gasteiger partial charge is 0.374 e. The number of sulfonamides is 1. The lowest BCUT2D eigenvalue weighted by atomic mass is 10.0. The third kappa shape index (κ3) is 3.79. The fourth-order valence-electron chi connectivity index (χ4n) is 2.93. The van der Waals surface area contributed by atoms with Crippen molar-refractivity contribution in [1.29, 1.82) is 0 Å². The van der Waals surface area contributed by atoms with Gasteiger partial charge in [0, 0.05) is 37.6 Å². The Morgan fingerprint density at radius 2 is 2.21 bits per heavy atom. The van der Waals surface area contributed by atoms with E-state index in [2.05, 4.69) is 21.5 Å². The number of benzene rings is 1. The summed E-state index contributed by atoms with van der Waals surface area (Å²) in [5.74, 6) is 0. The van der Waals surface area contributed by atoms with E-state index < -0.39 is 10.0 Å². The summed E-state index contributed by atoms with van der Waals surface area (Å²) in [5.41, 5.74) is 3.19. The number of nitrogens with one attached hydrogen (secondary N) is 1. The van der Waals surface area contributed by atoms with Gasteiger partial charge in [-0.3, -0.25) is 0 Å². The highest BCUT2D eigenvalue weighted by Gasteiger charge is 2.19. The van der Waals surface area contributed by atoms with Crippen molar-refractivity contribution in [3.8, 4) is 0 Å². The number of rotatable bonds is 6. The highest BCUT2D eigenvalue weighted by Crippen LogP contribution is 2.28. The van der Waals surface area contributed by atoms with Gasteiger partial charge in [-0.25, -0.2) is 18.1 Å². The van der Waals surface area contributed by atoms with Crippen molar-refractivity contribution >= 4 is 27.0 Å². The predicted octanol–water partition coefficient (Wildman–Crippen LogP) is 2.61. The first kappa shape index (κ1) is 17.4. The van der Waals surface area contributed by atoms with Gasteiger partial charge >= 0.3 is 0 Å². The van der Waals surface area contributed by atoms with Gasteiger partial charge in [0.2, 0.25) is 10.0 Å². The second-order valence-electron chi connectivity index (χ2n) is 6.05. The van der Waals surface area contributed by atoms with E-state index in [9.17, 15) is 8.42 Å². The Balaban J connectivity index is 1.68. The second kappa shape index (κ2) is 7.21. The van der Waals surface area contributed by atoms with Crippen LogP contribution >= 0.6 is 11.3 Å². The van der Waals surface area contributed by atoms with Gasteiger partial charge in [-0.1, -0.05) is 13.0 Å². The second-order valence-corrected chi connectivity index (χ2v) is 8.76. The molecule has 1 aliphatic heterocycles. The molecule has 0 radical (unpaired) electrons. The van der Waals surface area contributed by atoms with Crippen molar-refractivity contribution in [2.75, 3.05) is 25.0 Å². The molecular formula is C17H23N3O2S2. The van der Waals surface area contributed by atoms with E-state index >= 15 is 0 Å². The number of aromatic nitrogens is 1. The molecule has 5 nitrogen and oxygen atoms in total. The van der Waals surface area contributed by atoms with E-state index in [1.165, 1.54) is 5.56 Å². The molecule has 0 bridgehead atoms. The molecule has 0 saturated carbocycles. The van der Waals surface area contributed by atoms with E-state index in [0.29, 0.717) is 17.9 Å². The molecule has 7 heteroatoms. The van der Waals surface area contributed by atoms with Crippen LogP contribution in [0.3, 0.4) is 0 Å². The van der Waals surface area contributed by atoms with Gasteiger partial charge in [0.15, 0.2) is 0 Å². The molecule has 0 fully saturated rings. The van der Waals surface area contributed by atoms with Gasteiger partial charge in [-0.2, -0.15) is 0 Å². The van der Waals surface area contributed by atoms with Crippen molar-refractivity contribution in [2.45, 2.75) is 37.5 Å². The normalized spacial score (nSPS) is 14.7. The highest BCUT2D eigenvalue weighted by molar-refractivity contribution is 7.89. The maximum Gasteiger partial charge on any atom is 0.240 e. The van der Waals surface area contributed by atoms with Crippen LogP contribution in [0.5, 0.6) is 0 Å². The molecule has 24 heavy (non-hydrogen) atoms. The number of fused-ring (bicyclic) bond motifs is 1. The van der Waals surface area contributed by atoms with Gasteiger partial charge in [-0.05, 0) is 37.0 Å². The molecule has 1 aromatic heterocycles. The highest BCUT2D eigenvalue weighted by atomic mass is 32.2. The van der Waals surface area contributed by atoms with E-state index in [1.807, 2.05) is 18.5 Å². The van der Waals surface area contributed by atoms with Crippen LogP contribution in [0.1, 0.15) is 29.6 Å². The number of hydrogen-bond acceptors (Lipinski definition) is 5. The Kier molecular flexibility index (Phi) is 5.22. The third-order valence-electron chi connectivity index (χ3n) is 4.29. The van der Waals surface area contributed by atoms with Crippen molar-refractivity contribution < 1.29 is 8.42 Å². The molecule has 3 rings (SSSR count). The smallest absolute Gasteiger partial charge is 0.240 e. The first-order valence-electron chi connectivity index (χ1n) is 8.26. The van der Waals surface area contributed by atoms with Crippen molar-refractivity contribution in [2.24, 2.45) is 0 Å². The number of nitrogens with zero attached hydrogens (tertiary/aromatic N) is 2. The minimum Gasteiger partial charge on any atom is -0.374 e. The van der Waals surface area contributed by atoms with E-state index in [-0.39, 0.29) is 0 Å². The SMILES string of the molecule is CCc1nc(CCNS(=O)(=O)c2ccc3c(c2)N(C)CCC3)cs1. The maximum atomic E-state index is 12.5. The lowest BCUT2D eigenvalue weighted by Gasteiger charge is -2.27. The molecule has 0 unspecified atom stereocenters. The molecule has 0 saturated heterocycles. The standard InChI is InChI=1S/C17H23N3O2S2/c1-3-17-19-14(12-23-17)8-9-18-24(21,22)15-7-6-13-5-4-10-20(2)16(13)11-15/h6-7,11-12,18H,3-5,8-10H2,1-2H3. The number of aryl methyl sites for hydroxylation is 2. The van der Waals surface area contributed by atoms with Crippen LogP contribution in [0.25, 0.3) is 0 Å². The first-order valence-corrected chi connectivity index (χ1v) is 10.6. The topological polar surface area (TPSA) is 62.3 Å². The molecule has 0 amide bonds. The zero-order chi connectivity index (χ0) is 17.2. The Hall–Kier alpha value is -1.44. The molecule has 0 atom stereocenters. The summed E-state index contributed by atoms with van der Waals surface area (Å²) < 4.78 is 27.7. The van der Waals surface area contributed by atoms with Crippen LogP contribution in [0.4, 0.5) is 5.69 Å². The lowest BCUT2D eigenvalue weighted by molar-refractivity contribution is 0.581. The molecule has 2 heterocycles. The van der Waals surface area contributed by atoms with Gasteiger partial charge in [0.05, 0.1) is 15.6 Å². The minimum absolute atomic E-state index is 0.336. The summed E-state index contributed by atoms with van der Waals surface area (Å²) in [4.78, 5) is 6.93. The summed E-state index contributed by atoms with van der Waals surface area (Å²) >= 11 is 1.63. The molecule has 130 valence electrons. The zero-order valence-corrected chi connectivity index (χ0v) is 15.7. The summed E-state index contributed by atoms with van der Waals surface area (Å²) in [7, 11) is -1.48. The predicted molar refractivity (Wildman–Crippen MR) is 98.4 cm³/mol. The fraction of sp³-hybridized carbons (Fsp3) is 0.471. The number of thiazole rings is 1. The van der Waals surface area contributed by atoms with Crippen LogP contribution in [0.2, 0.25) is 0 Å². The molecular weight excluding hydrogens is 342 g/mol. The molecule has 2 aromatic rings. The zero-order valence-electron chi connectivity index (χ0n) is 14.1. The van der Waals surface area contributed by atoms with Crippen LogP contribution < -0.4 is 9.62 Å². The van der Waals surface area contributed by atoms with Crippen molar-refractivity contribution in [3.63, 3.8) is 0 Å². The Morgan fingerprint density at radius 1 is 1.38 bits per heavy atom. The molecule has 0 aliphatic carbocycles. The summed E-state index contributed by atoms with van der Waals surface area (Å²) in [6, 6.07) is 5.43. The fourth-order valence-corrected chi connectivity index (χ4v) is 4.76. The molecule has 1 N–H and O–H groups in total. The average molecular weight is 366 g/mol. The van der Waals surface area contributed by atoms with Gasteiger partial charge in [0.1, 0.15) is 0 Å². The van der Waals surface area contributed by atoms with Crippen molar-refractivity contribution in [3.05, 3.63) is 39.8 Å². The Bertz CT molecular complexity index is 815. The lowest BCUT2D eigenvalue weighted by Crippen LogP contribution is -2.28. The Morgan fingerprint density at radius 3 is 2.96 bits per heavy atom. The number of hydrogen-bond donors (Lipinski definition) is 1. The molecule has 1 aliphatic rings. The molecule has 0 spiro atoms. The van der Waals surface area contributed by atoms with E-state index in [4.69, 9.17) is 0 Å². The summed E-state index contributed by atoms with van der Waals surface area (Å²) in [6.07, 6.45) is 3.65. The Labute approximate surface area is 147 Å². The number of anilines is 1. The maximum absolute atomic E-state index is 12.5. The quantitative estimate of drug-likeness (QED) is 0.855. The summed E-state index contributed by atoms with van der Waals surface area (Å²) in [5, 5.41) is 3.09. The van der Waals surface area contributed by atoms with E-state index in [1.54, 1.807) is 23.5 Å². The monoisotopic (exact) mass is 365 g/mol. The van der Waals surface area contributed by atoms with Crippen LogP contribution in [-0.2, 0) is 29.3 Å². The third-order valence-corrected chi connectivity index (χ3v) is 6.79. The van der Waals surface area contributed by atoms with E-state index in [0.717, 1.165) is 42.2 Å². The minimum atomic E-state index is -3.49. The van der Waals surface area contributed by atoms with Gasteiger partial charge in [0.25, 0.3) is 0 Å². The first-order chi connectivity index (χ1) is 11.5. The van der Waals surface area contributed by atoms with Gasteiger partial charge in [-0.15, -0.1) is 11.3 Å².